The first-order valence-electron chi connectivity index (χ1n) is 12.5. The lowest BCUT2D eigenvalue weighted by Gasteiger charge is -2.33. The Labute approximate surface area is 215 Å². The second-order valence-corrected chi connectivity index (χ2v) is 10.3. The van der Waals surface area contributed by atoms with Crippen molar-refractivity contribution in [2.75, 3.05) is 19.6 Å². The third-order valence-corrected chi connectivity index (χ3v) is 6.53. The number of nitrogens with zero attached hydrogens (tertiary/aromatic N) is 2. The highest BCUT2D eigenvalue weighted by atomic mass is 19.4. The number of benzene rings is 1. The van der Waals surface area contributed by atoms with Crippen LogP contribution < -0.4 is 10.6 Å². The summed E-state index contributed by atoms with van der Waals surface area (Å²) in [6.07, 6.45) is -2.07. The standard InChI is InChI=1S/C27H35F3N4O3/c1-6-13-33-21-15-34(20(14-17(4)5)24(35)31-12-11-16(2)3)25(36)22(21)23(32-26(33)37)18-9-7-8-10-19(18)27(28,29)30/h6-10,16-17,20,23H,1,11-15H2,2-5H3,(H,31,35)(H,32,37). The minimum atomic E-state index is -4.68. The molecule has 0 fully saturated rings. The summed E-state index contributed by atoms with van der Waals surface area (Å²) in [5.74, 6) is -0.428. The Bertz CT molecular complexity index is 1080. The summed E-state index contributed by atoms with van der Waals surface area (Å²) in [6, 6.07) is 2.14. The zero-order valence-corrected chi connectivity index (χ0v) is 21.7. The van der Waals surface area contributed by atoms with Crippen LogP contribution in [-0.2, 0) is 15.8 Å². The maximum atomic E-state index is 13.9. The molecule has 2 aliphatic heterocycles. The number of carbonyl (C=O) groups is 3. The molecule has 0 aliphatic carbocycles. The van der Waals surface area contributed by atoms with Crippen molar-refractivity contribution in [2.45, 2.75) is 58.8 Å². The van der Waals surface area contributed by atoms with Gasteiger partial charge in [0.05, 0.1) is 29.4 Å². The number of rotatable bonds is 10. The van der Waals surface area contributed by atoms with Gasteiger partial charge in [0.25, 0.3) is 5.91 Å². The number of halogens is 3. The summed E-state index contributed by atoms with van der Waals surface area (Å²) >= 11 is 0. The molecule has 0 bridgehead atoms. The Morgan fingerprint density at radius 2 is 1.86 bits per heavy atom. The molecule has 4 amide bonds. The molecular weight excluding hydrogens is 485 g/mol. The monoisotopic (exact) mass is 520 g/mol. The highest BCUT2D eigenvalue weighted by Crippen LogP contribution is 2.42. The van der Waals surface area contributed by atoms with Crippen molar-refractivity contribution in [3.63, 3.8) is 0 Å². The van der Waals surface area contributed by atoms with Crippen LogP contribution in [0.3, 0.4) is 0 Å². The van der Waals surface area contributed by atoms with E-state index >= 15 is 0 Å². The van der Waals surface area contributed by atoms with Crippen LogP contribution in [-0.4, -0.2) is 53.3 Å². The summed E-state index contributed by atoms with van der Waals surface area (Å²) in [5, 5.41) is 5.49. The molecule has 202 valence electrons. The van der Waals surface area contributed by atoms with Crippen LogP contribution in [0.2, 0.25) is 0 Å². The zero-order valence-electron chi connectivity index (χ0n) is 21.7. The third-order valence-electron chi connectivity index (χ3n) is 6.53. The van der Waals surface area contributed by atoms with Crippen molar-refractivity contribution in [3.8, 4) is 0 Å². The number of amides is 4. The Morgan fingerprint density at radius 3 is 2.46 bits per heavy atom. The second-order valence-electron chi connectivity index (χ2n) is 10.3. The fourth-order valence-corrected chi connectivity index (χ4v) is 4.75. The zero-order chi connectivity index (χ0) is 27.5. The van der Waals surface area contributed by atoms with Crippen LogP contribution in [0.5, 0.6) is 0 Å². The summed E-state index contributed by atoms with van der Waals surface area (Å²) < 4.78 is 41.6. The average Bonchev–Trinajstić information content (AvgIpc) is 3.15. The quantitative estimate of drug-likeness (QED) is 0.442. The van der Waals surface area contributed by atoms with Crippen LogP contribution in [0, 0.1) is 11.8 Å². The van der Waals surface area contributed by atoms with Crippen LogP contribution in [0.15, 0.2) is 48.2 Å². The minimum absolute atomic E-state index is 0.0434. The molecule has 0 radical (unpaired) electrons. The van der Waals surface area contributed by atoms with Gasteiger partial charge in [-0.25, -0.2) is 4.79 Å². The van der Waals surface area contributed by atoms with E-state index in [4.69, 9.17) is 0 Å². The summed E-state index contributed by atoms with van der Waals surface area (Å²) in [6.45, 7) is 12.1. The number of carbonyl (C=O) groups excluding carboxylic acids is 3. The van der Waals surface area contributed by atoms with Crippen molar-refractivity contribution < 1.29 is 27.6 Å². The fourth-order valence-electron chi connectivity index (χ4n) is 4.75. The number of urea groups is 1. The largest absolute Gasteiger partial charge is 0.416 e. The lowest BCUT2D eigenvalue weighted by Crippen LogP contribution is -2.49. The number of nitrogens with one attached hydrogen (secondary N) is 2. The first-order chi connectivity index (χ1) is 17.4. The Balaban J connectivity index is 2.04. The average molecular weight is 521 g/mol. The molecule has 0 spiro atoms. The second kappa shape index (κ2) is 11.4. The molecular formula is C27H35F3N4O3. The van der Waals surface area contributed by atoms with Crippen LogP contribution in [0.25, 0.3) is 0 Å². The minimum Gasteiger partial charge on any atom is -0.354 e. The summed E-state index contributed by atoms with van der Waals surface area (Å²) in [4.78, 5) is 42.8. The van der Waals surface area contributed by atoms with Crippen molar-refractivity contribution in [1.82, 2.24) is 20.4 Å². The fraction of sp³-hybridized carbons (Fsp3) is 0.519. The molecule has 0 saturated heterocycles. The SMILES string of the molecule is C=CCN1C(=O)NC(c2ccccc2C(F)(F)F)C2=C1CN(C(CC(C)C)C(=O)NCCC(C)C)C2=O. The molecule has 1 aromatic carbocycles. The van der Waals surface area contributed by atoms with Crippen LogP contribution in [0.4, 0.5) is 18.0 Å². The van der Waals surface area contributed by atoms with Crippen LogP contribution in [0.1, 0.15) is 57.7 Å². The van der Waals surface area contributed by atoms with Gasteiger partial charge >= 0.3 is 12.2 Å². The van der Waals surface area contributed by atoms with Crippen molar-refractivity contribution in [1.29, 1.82) is 0 Å². The van der Waals surface area contributed by atoms with Gasteiger partial charge in [-0.3, -0.25) is 14.5 Å². The van der Waals surface area contributed by atoms with Gasteiger partial charge in [-0.2, -0.15) is 13.2 Å². The van der Waals surface area contributed by atoms with E-state index in [1.54, 1.807) is 0 Å². The van der Waals surface area contributed by atoms with Crippen molar-refractivity contribution >= 4 is 17.8 Å². The van der Waals surface area contributed by atoms with E-state index in [0.717, 1.165) is 12.5 Å². The normalized spacial score (nSPS) is 18.9. The number of hydrogen-bond acceptors (Lipinski definition) is 3. The molecule has 2 heterocycles. The molecule has 7 nitrogen and oxygen atoms in total. The Morgan fingerprint density at radius 1 is 1.19 bits per heavy atom. The Kier molecular flexibility index (Phi) is 8.71. The molecule has 0 saturated carbocycles. The Hall–Kier alpha value is -3.30. The van der Waals surface area contributed by atoms with Crippen molar-refractivity contribution in [3.05, 3.63) is 59.3 Å². The number of alkyl halides is 3. The van der Waals surface area contributed by atoms with Gasteiger partial charge in [0.1, 0.15) is 6.04 Å². The molecule has 10 heteroatoms. The molecule has 1 aromatic rings. The van der Waals surface area contributed by atoms with Crippen molar-refractivity contribution in [2.24, 2.45) is 11.8 Å². The van der Waals surface area contributed by atoms with Gasteiger partial charge in [0.2, 0.25) is 5.91 Å². The highest BCUT2D eigenvalue weighted by Gasteiger charge is 2.48. The smallest absolute Gasteiger partial charge is 0.354 e. The third kappa shape index (κ3) is 6.17. The maximum Gasteiger partial charge on any atom is 0.416 e. The first kappa shape index (κ1) is 28.3. The number of hydrogen-bond donors (Lipinski definition) is 2. The van der Waals surface area contributed by atoms with Gasteiger partial charge in [-0.1, -0.05) is 52.0 Å². The maximum absolute atomic E-state index is 13.9. The lowest BCUT2D eigenvalue weighted by molar-refractivity contribution is -0.139. The van der Waals surface area contributed by atoms with E-state index in [1.807, 2.05) is 27.7 Å². The molecule has 2 atom stereocenters. The molecule has 2 aliphatic rings. The lowest BCUT2D eigenvalue weighted by atomic mass is 9.91. The molecule has 0 aromatic heterocycles. The molecule has 2 unspecified atom stereocenters. The van der Waals surface area contributed by atoms with Gasteiger partial charge < -0.3 is 15.5 Å². The van der Waals surface area contributed by atoms with Gasteiger partial charge in [0.15, 0.2) is 0 Å². The van der Waals surface area contributed by atoms with E-state index < -0.39 is 35.8 Å². The summed E-state index contributed by atoms with van der Waals surface area (Å²) in [5.41, 5.74) is -0.812. The molecule has 37 heavy (non-hydrogen) atoms. The van der Waals surface area contributed by atoms with E-state index in [9.17, 15) is 27.6 Å². The predicted molar refractivity (Wildman–Crippen MR) is 134 cm³/mol. The van der Waals surface area contributed by atoms with E-state index in [1.165, 1.54) is 34.1 Å². The van der Waals surface area contributed by atoms with Gasteiger partial charge in [-0.15, -0.1) is 6.58 Å². The highest BCUT2D eigenvalue weighted by molar-refractivity contribution is 6.03. The molecule has 2 N–H and O–H groups in total. The molecule has 3 rings (SSSR count). The van der Waals surface area contributed by atoms with E-state index in [-0.39, 0.29) is 36.1 Å². The predicted octanol–water partition coefficient (Wildman–Crippen LogP) is 4.63. The topological polar surface area (TPSA) is 81.8 Å². The van der Waals surface area contributed by atoms with E-state index in [0.29, 0.717) is 24.6 Å². The van der Waals surface area contributed by atoms with Crippen LogP contribution >= 0.6 is 0 Å². The van der Waals surface area contributed by atoms with E-state index in [2.05, 4.69) is 17.2 Å². The van der Waals surface area contributed by atoms with Gasteiger partial charge in [0, 0.05) is 13.1 Å². The first-order valence-corrected chi connectivity index (χ1v) is 12.5. The van der Waals surface area contributed by atoms with Gasteiger partial charge in [-0.05, 0) is 36.3 Å². The summed E-state index contributed by atoms with van der Waals surface area (Å²) in [7, 11) is 0.